The number of benzene rings is 2. The Labute approximate surface area is 250 Å². The van der Waals surface area contributed by atoms with E-state index >= 15 is 4.39 Å². The summed E-state index contributed by atoms with van der Waals surface area (Å²) < 4.78 is 52.2. The van der Waals surface area contributed by atoms with Gasteiger partial charge < -0.3 is 28.8 Å². The molecule has 3 heterocycles. The van der Waals surface area contributed by atoms with Crippen LogP contribution in [0, 0.1) is 18.6 Å². The third-order valence-electron chi connectivity index (χ3n) is 7.08. The van der Waals surface area contributed by atoms with Crippen molar-refractivity contribution in [2.75, 3.05) is 26.6 Å². The Morgan fingerprint density at radius 3 is 2.36 bits per heavy atom. The summed E-state index contributed by atoms with van der Waals surface area (Å²) in [5.74, 6) is -1.36. The van der Waals surface area contributed by atoms with Gasteiger partial charge in [-0.25, -0.2) is 13.8 Å². The Morgan fingerprint density at radius 2 is 1.70 bits per heavy atom. The molecule has 0 saturated heterocycles. The summed E-state index contributed by atoms with van der Waals surface area (Å²) in [6.07, 6.45) is 1.48. The normalized spacial score (nSPS) is 11.0. The summed E-state index contributed by atoms with van der Waals surface area (Å²) >= 11 is 0. The smallest absolute Gasteiger partial charge is 0.261 e. The zero-order valence-corrected chi connectivity index (χ0v) is 24.5. The maximum atomic E-state index is 15.3. The molecule has 0 saturated carbocycles. The van der Waals surface area contributed by atoms with Crippen molar-refractivity contribution in [3.8, 4) is 34.3 Å². The van der Waals surface area contributed by atoms with Gasteiger partial charge in [0.2, 0.25) is 5.43 Å². The van der Waals surface area contributed by atoms with Gasteiger partial charge in [-0.3, -0.25) is 14.6 Å². The summed E-state index contributed by atoms with van der Waals surface area (Å²) in [6, 6.07) is 12.4. The van der Waals surface area contributed by atoms with Crippen LogP contribution in [-0.4, -0.2) is 41.8 Å². The minimum Gasteiger partial charge on any atom is -0.491 e. The lowest BCUT2D eigenvalue weighted by Gasteiger charge is -2.19. The van der Waals surface area contributed by atoms with Gasteiger partial charge in [0.15, 0.2) is 23.1 Å². The van der Waals surface area contributed by atoms with E-state index in [4.69, 9.17) is 18.9 Å². The number of hydrogen-bond acceptors (Lipinski definition) is 8. The lowest BCUT2D eigenvalue weighted by Crippen LogP contribution is -2.29. The standard InChI is InChI=1S/C32H28F2N4O6/c1-17-27(18-6-8-19(33)9-7-18)30(39)28(23(16-41-3)38(17)2)31(40)36-20-10-11-24(21(34)14-20)44-25-12-13-35-22-15-26(42-4)32(43-5)37-29(22)25/h6-15H,16H2,1-5H3,(H,36,40). The van der Waals surface area contributed by atoms with Crippen LogP contribution in [0.3, 0.4) is 0 Å². The third-order valence-corrected chi connectivity index (χ3v) is 7.08. The number of fused-ring (bicyclic) bond motifs is 1. The van der Waals surface area contributed by atoms with Crippen molar-refractivity contribution in [1.29, 1.82) is 0 Å². The molecule has 0 aliphatic heterocycles. The van der Waals surface area contributed by atoms with Gasteiger partial charge in [-0.15, -0.1) is 0 Å². The van der Waals surface area contributed by atoms with Gasteiger partial charge in [-0.1, -0.05) is 12.1 Å². The number of pyridine rings is 3. The number of carbonyl (C=O) groups excluding carboxylic acids is 1. The molecule has 10 nitrogen and oxygen atoms in total. The van der Waals surface area contributed by atoms with Crippen molar-refractivity contribution in [3.63, 3.8) is 0 Å². The first kappa shape index (κ1) is 30.1. The van der Waals surface area contributed by atoms with Crippen molar-refractivity contribution >= 4 is 22.6 Å². The molecule has 5 rings (SSSR count). The molecule has 0 atom stereocenters. The van der Waals surface area contributed by atoms with Gasteiger partial charge in [-0.2, -0.15) is 0 Å². The Balaban J connectivity index is 1.47. The molecule has 12 heteroatoms. The molecular weight excluding hydrogens is 574 g/mol. The first-order valence-electron chi connectivity index (χ1n) is 13.3. The number of methoxy groups -OCH3 is 3. The molecule has 0 unspecified atom stereocenters. The second-order valence-electron chi connectivity index (χ2n) is 9.69. The number of ether oxygens (including phenoxy) is 4. The Bertz CT molecular complexity index is 1940. The molecule has 5 aromatic rings. The SMILES string of the molecule is COCc1c(C(=O)Nc2ccc(Oc3ccnc4cc(OC)c(OC)nc34)c(F)c2)c(=O)c(-c2ccc(F)cc2)c(C)n1C. The highest BCUT2D eigenvalue weighted by Gasteiger charge is 2.25. The highest BCUT2D eigenvalue weighted by molar-refractivity contribution is 6.05. The van der Waals surface area contributed by atoms with Crippen LogP contribution in [0.15, 0.2) is 65.6 Å². The molecule has 0 aliphatic rings. The predicted octanol–water partition coefficient (Wildman–Crippen LogP) is 5.79. The molecular formula is C32H28F2N4O6. The predicted molar refractivity (Wildman–Crippen MR) is 160 cm³/mol. The first-order chi connectivity index (χ1) is 21.2. The lowest BCUT2D eigenvalue weighted by molar-refractivity contribution is 0.101. The Morgan fingerprint density at radius 1 is 0.955 bits per heavy atom. The largest absolute Gasteiger partial charge is 0.491 e. The van der Waals surface area contributed by atoms with E-state index in [1.165, 1.54) is 70.0 Å². The highest BCUT2D eigenvalue weighted by atomic mass is 19.1. The summed E-state index contributed by atoms with van der Waals surface area (Å²) in [6.45, 7) is 1.69. The molecule has 0 aliphatic carbocycles. The summed E-state index contributed by atoms with van der Waals surface area (Å²) in [5.41, 5.74) is 1.66. The molecule has 2 aromatic carbocycles. The van der Waals surface area contributed by atoms with E-state index in [1.807, 2.05) is 0 Å². The van der Waals surface area contributed by atoms with Crippen LogP contribution in [0.5, 0.6) is 23.1 Å². The third kappa shape index (κ3) is 5.66. The van der Waals surface area contributed by atoms with E-state index in [9.17, 15) is 14.0 Å². The Hall–Kier alpha value is -5.36. The number of anilines is 1. The van der Waals surface area contributed by atoms with Crippen molar-refractivity contribution in [2.45, 2.75) is 13.5 Å². The van der Waals surface area contributed by atoms with Crippen LogP contribution >= 0.6 is 0 Å². The van der Waals surface area contributed by atoms with Crippen LogP contribution in [0.25, 0.3) is 22.2 Å². The molecule has 0 bridgehead atoms. The van der Waals surface area contributed by atoms with Gasteiger partial charge >= 0.3 is 0 Å². The van der Waals surface area contributed by atoms with E-state index < -0.39 is 23.0 Å². The van der Waals surface area contributed by atoms with E-state index in [1.54, 1.807) is 24.6 Å². The zero-order valence-electron chi connectivity index (χ0n) is 24.5. The number of carbonyl (C=O) groups is 1. The van der Waals surface area contributed by atoms with Crippen LogP contribution in [0.2, 0.25) is 0 Å². The second-order valence-corrected chi connectivity index (χ2v) is 9.69. The molecule has 1 N–H and O–H groups in total. The van der Waals surface area contributed by atoms with E-state index in [0.717, 1.165) is 6.07 Å². The number of halogens is 2. The second kappa shape index (κ2) is 12.5. The van der Waals surface area contributed by atoms with Gasteiger partial charge in [0.25, 0.3) is 11.8 Å². The molecule has 1 amide bonds. The summed E-state index contributed by atoms with van der Waals surface area (Å²) in [5, 5.41) is 2.61. The fraction of sp³-hybridized carbons (Fsp3) is 0.188. The molecule has 0 radical (unpaired) electrons. The maximum absolute atomic E-state index is 15.3. The van der Waals surface area contributed by atoms with Crippen molar-refractivity contribution < 1.29 is 32.5 Å². The number of amides is 1. The van der Waals surface area contributed by atoms with Crippen molar-refractivity contribution in [2.24, 2.45) is 7.05 Å². The maximum Gasteiger partial charge on any atom is 0.261 e. The average molecular weight is 603 g/mol. The van der Waals surface area contributed by atoms with Gasteiger partial charge in [-0.05, 0) is 36.8 Å². The molecule has 3 aromatic heterocycles. The van der Waals surface area contributed by atoms with Gasteiger partial charge in [0.05, 0.1) is 32.0 Å². The fourth-order valence-corrected chi connectivity index (χ4v) is 4.81. The minimum absolute atomic E-state index is 0.0369. The topological polar surface area (TPSA) is 114 Å². The number of nitrogens with zero attached hydrogens (tertiary/aromatic N) is 3. The van der Waals surface area contributed by atoms with Crippen LogP contribution in [0.4, 0.5) is 14.5 Å². The number of hydrogen-bond donors (Lipinski definition) is 1. The van der Waals surface area contributed by atoms with Gasteiger partial charge in [0.1, 0.15) is 16.9 Å². The summed E-state index contributed by atoms with van der Waals surface area (Å²) in [4.78, 5) is 35.9. The first-order valence-corrected chi connectivity index (χ1v) is 13.3. The minimum atomic E-state index is -0.783. The fourth-order valence-electron chi connectivity index (χ4n) is 4.81. The average Bonchev–Trinajstić information content (AvgIpc) is 3.01. The van der Waals surface area contributed by atoms with Crippen molar-refractivity contribution in [1.82, 2.24) is 14.5 Å². The lowest BCUT2D eigenvalue weighted by atomic mass is 9.98. The monoisotopic (exact) mass is 602 g/mol. The molecule has 0 spiro atoms. The molecule has 44 heavy (non-hydrogen) atoms. The van der Waals surface area contributed by atoms with Crippen LogP contribution in [0.1, 0.15) is 21.7 Å². The van der Waals surface area contributed by atoms with Crippen LogP contribution in [-0.2, 0) is 18.4 Å². The summed E-state index contributed by atoms with van der Waals surface area (Å²) in [7, 11) is 6.05. The highest BCUT2D eigenvalue weighted by Crippen LogP contribution is 2.35. The zero-order chi connectivity index (χ0) is 31.5. The van der Waals surface area contributed by atoms with E-state index in [2.05, 4.69) is 15.3 Å². The quantitative estimate of drug-likeness (QED) is 0.226. The number of nitrogens with one attached hydrogen (secondary N) is 1. The van der Waals surface area contributed by atoms with Crippen molar-refractivity contribution in [3.05, 3.63) is 99.6 Å². The van der Waals surface area contributed by atoms with Crippen LogP contribution < -0.4 is 25.0 Å². The molecule has 226 valence electrons. The van der Waals surface area contributed by atoms with Gasteiger partial charge in [0, 0.05) is 55.5 Å². The van der Waals surface area contributed by atoms with E-state index in [-0.39, 0.29) is 40.8 Å². The number of rotatable bonds is 9. The van der Waals surface area contributed by atoms with E-state index in [0.29, 0.717) is 33.7 Å². The Kier molecular flexibility index (Phi) is 8.54. The molecule has 0 fully saturated rings. The number of aromatic nitrogens is 3.